The van der Waals surface area contributed by atoms with Crippen LogP contribution in [0.2, 0.25) is 0 Å². The van der Waals surface area contributed by atoms with E-state index in [1.165, 1.54) is 0 Å². The van der Waals surface area contributed by atoms with E-state index in [9.17, 15) is 9.59 Å². The number of nitrogens with zero attached hydrogens (tertiary/aromatic N) is 1. The van der Waals surface area contributed by atoms with E-state index in [-0.39, 0.29) is 24.2 Å². The lowest BCUT2D eigenvalue weighted by Gasteiger charge is -2.15. The predicted molar refractivity (Wildman–Crippen MR) is 93.6 cm³/mol. The van der Waals surface area contributed by atoms with Gasteiger partial charge in [-0.3, -0.25) is 9.59 Å². The highest BCUT2D eigenvalue weighted by Gasteiger charge is 2.34. The highest BCUT2D eigenvalue weighted by atomic mass is 16.5. The Morgan fingerprint density at radius 2 is 2.08 bits per heavy atom. The first-order valence-electron chi connectivity index (χ1n) is 8.39. The lowest BCUT2D eigenvalue weighted by atomic mass is 10.1. The van der Waals surface area contributed by atoms with Crippen molar-refractivity contribution >= 4 is 11.8 Å². The third kappa shape index (κ3) is 3.99. The predicted octanol–water partition coefficient (Wildman–Crippen LogP) is 1.96. The van der Waals surface area contributed by atoms with E-state index in [2.05, 4.69) is 5.32 Å². The maximum absolute atomic E-state index is 12.4. The van der Waals surface area contributed by atoms with Crippen LogP contribution in [0.15, 0.2) is 41.0 Å². The molecule has 2 heterocycles. The zero-order valence-electron chi connectivity index (χ0n) is 14.9. The topological polar surface area (TPSA) is 81.0 Å². The Morgan fingerprint density at radius 1 is 1.27 bits per heavy atom. The van der Waals surface area contributed by atoms with E-state index in [4.69, 9.17) is 13.9 Å². The summed E-state index contributed by atoms with van der Waals surface area (Å²) in [6.45, 7) is 1.16. The van der Waals surface area contributed by atoms with Gasteiger partial charge in [-0.2, -0.15) is 0 Å². The van der Waals surface area contributed by atoms with E-state index < -0.39 is 0 Å². The number of nitrogens with one attached hydrogen (secondary N) is 1. The van der Waals surface area contributed by atoms with Crippen LogP contribution in [0, 0.1) is 5.92 Å². The van der Waals surface area contributed by atoms with Crippen LogP contribution < -0.4 is 14.8 Å². The van der Waals surface area contributed by atoms with Crippen molar-refractivity contribution in [1.29, 1.82) is 0 Å². The molecule has 0 saturated carbocycles. The summed E-state index contributed by atoms with van der Waals surface area (Å²) in [6.07, 6.45) is 1.79. The second kappa shape index (κ2) is 7.95. The summed E-state index contributed by atoms with van der Waals surface area (Å²) < 4.78 is 15.7. The Bertz CT molecular complexity index is 772. The molecule has 1 aromatic carbocycles. The molecule has 1 atom stereocenters. The molecule has 0 spiro atoms. The van der Waals surface area contributed by atoms with Gasteiger partial charge < -0.3 is 24.1 Å². The maximum Gasteiger partial charge on any atom is 0.225 e. The Morgan fingerprint density at radius 3 is 2.77 bits per heavy atom. The molecule has 26 heavy (non-hydrogen) atoms. The van der Waals surface area contributed by atoms with Gasteiger partial charge in [0.25, 0.3) is 0 Å². The van der Waals surface area contributed by atoms with Crippen LogP contribution in [0.3, 0.4) is 0 Å². The Hall–Kier alpha value is -2.96. The van der Waals surface area contributed by atoms with E-state index in [1.807, 2.05) is 18.2 Å². The minimum absolute atomic E-state index is 0.0346. The molecule has 1 aliphatic rings. The van der Waals surface area contributed by atoms with Gasteiger partial charge in [0, 0.05) is 19.5 Å². The molecule has 0 bridgehead atoms. The highest BCUT2D eigenvalue weighted by molar-refractivity contribution is 5.89. The third-order valence-corrected chi connectivity index (χ3v) is 4.43. The normalized spacial score (nSPS) is 16.6. The van der Waals surface area contributed by atoms with Crippen LogP contribution in [0.4, 0.5) is 0 Å². The molecule has 7 nitrogen and oxygen atoms in total. The number of likely N-dealkylation sites (tertiary alicyclic amines) is 1. The van der Waals surface area contributed by atoms with Gasteiger partial charge in [-0.05, 0) is 29.8 Å². The summed E-state index contributed by atoms with van der Waals surface area (Å²) in [7, 11) is 3.14. The van der Waals surface area contributed by atoms with Crippen LogP contribution in [0.1, 0.15) is 17.7 Å². The zero-order chi connectivity index (χ0) is 18.5. The minimum atomic E-state index is -0.349. The van der Waals surface area contributed by atoms with Crippen molar-refractivity contribution in [2.24, 2.45) is 5.92 Å². The second-order valence-corrected chi connectivity index (χ2v) is 6.16. The highest BCUT2D eigenvalue weighted by Crippen LogP contribution is 2.27. The number of benzene rings is 1. The molecule has 2 aromatic rings. The average Bonchev–Trinajstić information content (AvgIpc) is 3.30. The molecule has 1 fully saturated rings. The van der Waals surface area contributed by atoms with E-state index in [0.717, 1.165) is 5.56 Å². The molecule has 138 valence electrons. The molecule has 0 aliphatic carbocycles. The number of methoxy groups -OCH3 is 2. The molecular weight excluding hydrogens is 336 g/mol. The smallest absolute Gasteiger partial charge is 0.225 e. The van der Waals surface area contributed by atoms with Crippen molar-refractivity contribution in [1.82, 2.24) is 10.2 Å². The number of rotatable bonds is 7. The van der Waals surface area contributed by atoms with Gasteiger partial charge in [0.2, 0.25) is 11.8 Å². The van der Waals surface area contributed by atoms with E-state index >= 15 is 0 Å². The van der Waals surface area contributed by atoms with E-state index in [1.54, 1.807) is 37.5 Å². The van der Waals surface area contributed by atoms with Gasteiger partial charge in [0.1, 0.15) is 5.76 Å². The molecule has 0 radical (unpaired) electrons. The molecule has 3 rings (SSSR count). The van der Waals surface area contributed by atoms with Crippen LogP contribution >= 0.6 is 0 Å². The number of amides is 2. The van der Waals surface area contributed by atoms with Crippen molar-refractivity contribution in [2.75, 3.05) is 20.8 Å². The fourth-order valence-electron chi connectivity index (χ4n) is 3.02. The maximum atomic E-state index is 12.4. The summed E-state index contributed by atoms with van der Waals surface area (Å²) in [6, 6.07) is 9.08. The van der Waals surface area contributed by atoms with Crippen molar-refractivity contribution in [3.63, 3.8) is 0 Å². The van der Waals surface area contributed by atoms with Gasteiger partial charge in [-0.15, -0.1) is 0 Å². The zero-order valence-corrected chi connectivity index (χ0v) is 14.9. The first-order valence-corrected chi connectivity index (χ1v) is 8.39. The number of hydrogen-bond acceptors (Lipinski definition) is 5. The number of ether oxygens (including phenoxy) is 2. The van der Waals surface area contributed by atoms with Gasteiger partial charge in [-0.1, -0.05) is 6.07 Å². The molecular formula is C19H22N2O5. The van der Waals surface area contributed by atoms with Crippen molar-refractivity contribution in [3.8, 4) is 11.5 Å². The quantitative estimate of drug-likeness (QED) is 0.818. The fraction of sp³-hybridized carbons (Fsp3) is 0.368. The SMILES string of the molecule is COc1ccc(CNC(=O)C2CC(=O)N(Cc3ccco3)C2)cc1OC. The lowest BCUT2D eigenvalue weighted by Crippen LogP contribution is -2.32. The number of furan rings is 1. The summed E-state index contributed by atoms with van der Waals surface area (Å²) in [5, 5.41) is 2.89. The van der Waals surface area contributed by atoms with Crippen molar-refractivity contribution in [2.45, 2.75) is 19.5 Å². The summed E-state index contributed by atoms with van der Waals surface area (Å²) in [5.74, 6) is 1.45. The lowest BCUT2D eigenvalue weighted by molar-refractivity contribution is -0.129. The van der Waals surface area contributed by atoms with Gasteiger partial charge in [0.15, 0.2) is 11.5 Å². The average molecular weight is 358 g/mol. The third-order valence-electron chi connectivity index (χ3n) is 4.43. The van der Waals surface area contributed by atoms with Gasteiger partial charge >= 0.3 is 0 Å². The fourth-order valence-corrected chi connectivity index (χ4v) is 3.02. The first kappa shape index (κ1) is 17.8. The minimum Gasteiger partial charge on any atom is -0.493 e. The Labute approximate surface area is 151 Å². The number of carbonyl (C=O) groups excluding carboxylic acids is 2. The number of hydrogen-bond donors (Lipinski definition) is 1. The van der Waals surface area contributed by atoms with Crippen LogP contribution in [-0.2, 0) is 22.7 Å². The molecule has 1 aliphatic heterocycles. The van der Waals surface area contributed by atoms with Crippen LogP contribution in [-0.4, -0.2) is 37.5 Å². The summed E-state index contributed by atoms with van der Waals surface area (Å²) in [5.41, 5.74) is 0.896. The standard InChI is InChI=1S/C19H22N2O5/c1-24-16-6-5-13(8-17(16)25-2)10-20-19(23)14-9-18(22)21(11-14)12-15-4-3-7-26-15/h3-8,14H,9-12H2,1-2H3,(H,20,23). The van der Waals surface area contributed by atoms with Gasteiger partial charge in [0.05, 0.1) is 32.9 Å². The molecule has 1 aromatic heterocycles. The van der Waals surface area contributed by atoms with Crippen LogP contribution in [0.5, 0.6) is 11.5 Å². The first-order chi connectivity index (χ1) is 12.6. The molecule has 7 heteroatoms. The van der Waals surface area contributed by atoms with E-state index in [0.29, 0.717) is 36.9 Å². The Kier molecular flexibility index (Phi) is 5.46. The molecule has 2 amide bonds. The van der Waals surface area contributed by atoms with Crippen LogP contribution in [0.25, 0.3) is 0 Å². The second-order valence-electron chi connectivity index (χ2n) is 6.16. The number of carbonyl (C=O) groups is 2. The Balaban J connectivity index is 1.54. The summed E-state index contributed by atoms with van der Waals surface area (Å²) in [4.78, 5) is 26.2. The van der Waals surface area contributed by atoms with Gasteiger partial charge in [-0.25, -0.2) is 0 Å². The molecule has 1 N–H and O–H groups in total. The molecule has 1 unspecified atom stereocenters. The molecule has 1 saturated heterocycles. The monoisotopic (exact) mass is 358 g/mol. The van der Waals surface area contributed by atoms with Crippen molar-refractivity contribution in [3.05, 3.63) is 47.9 Å². The van der Waals surface area contributed by atoms with Crippen molar-refractivity contribution < 1.29 is 23.5 Å². The summed E-state index contributed by atoms with van der Waals surface area (Å²) >= 11 is 0. The largest absolute Gasteiger partial charge is 0.493 e.